The van der Waals surface area contributed by atoms with Crippen LogP contribution in [0.15, 0.2) is 60.9 Å². The molecule has 0 radical (unpaired) electrons. The first-order valence-corrected chi connectivity index (χ1v) is 8.69. The number of benzene rings is 2. The van der Waals surface area contributed by atoms with Crippen molar-refractivity contribution in [3.63, 3.8) is 0 Å². The van der Waals surface area contributed by atoms with E-state index < -0.39 is 5.91 Å². The Morgan fingerprint density at radius 2 is 1.57 bits per heavy atom. The van der Waals surface area contributed by atoms with Crippen molar-refractivity contribution in [3.05, 3.63) is 89.1 Å². The van der Waals surface area contributed by atoms with Gasteiger partial charge in [0.2, 0.25) is 0 Å². The number of amides is 2. The molecule has 7 heteroatoms. The molecular formula is C21H19FN4O2. The highest BCUT2D eigenvalue weighted by Crippen LogP contribution is 2.16. The van der Waals surface area contributed by atoms with Gasteiger partial charge in [-0.25, -0.2) is 14.4 Å². The third kappa shape index (κ3) is 4.56. The van der Waals surface area contributed by atoms with Crippen molar-refractivity contribution >= 4 is 17.6 Å². The van der Waals surface area contributed by atoms with Crippen LogP contribution in [0.4, 0.5) is 10.2 Å². The summed E-state index contributed by atoms with van der Waals surface area (Å²) < 4.78 is 13.1. The summed E-state index contributed by atoms with van der Waals surface area (Å²) in [5.41, 5.74) is 2.22. The Kier molecular flexibility index (Phi) is 5.74. The van der Waals surface area contributed by atoms with Gasteiger partial charge in [-0.05, 0) is 43.7 Å². The van der Waals surface area contributed by atoms with Crippen molar-refractivity contribution < 1.29 is 14.0 Å². The predicted octanol–water partition coefficient (Wildman–Crippen LogP) is 3.67. The molecule has 2 aromatic carbocycles. The number of rotatable bonds is 5. The third-order valence-electron chi connectivity index (χ3n) is 4.18. The van der Waals surface area contributed by atoms with Crippen LogP contribution in [0.2, 0.25) is 0 Å². The van der Waals surface area contributed by atoms with Gasteiger partial charge in [0.1, 0.15) is 5.82 Å². The second-order valence-corrected chi connectivity index (χ2v) is 6.32. The summed E-state index contributed by atoms with van der Waals surface area (Å²) in [7, 11) is 0. The van der Waals surface area contributed by atoms with E-state index in [1.807, 2.05) is 19.1 Å². The molecule has 142 valence electrons. The molecule has 0 aliphatic carbocycles. The van der Waals surface area contributed by atoms with Gasteiger partial charge < -0.3 is 10.6 Å². The molecule has 0 unspecified atom stereocenters. The second kappa shape index (κ2) is 8.39. The monoisotopic (exact) mass is 378 g/mol. The van der Waals surface area contributed by atoms with E-state index in [-0.39, 0.29) is 29.3 Å². The van der Waals surface area contributed by atoms with E-state index in [4.69, 9.17) is 0 Å². The van der Waals surface area contributed by atoms with Crippen LogP contribution in [-0.2, 0) is 0 Å². The molecule has 1 aromatic heterocycles. The topological polar surface area (TPSA) is 84.0 Å². The average molecular weight is 378 g/mol. The fourth-order valence-corrected chi connectivity index (χ4v) is 2.58. The summed E-state index contributed by atoms with van der Waals surface area (Å²) >= 11 is 0. The number of aromatic nitrogens is 2. The minimum atomic E-state index is -0.496. The largest absolute Gasteiger partial charge is 0.344 e. The summed E-state index contributed by atoms with van der Waals surface area (Å²) in [6.07, 6.45) is 2.77. The zero-order chi connectivity index (χ0) is 20.1. The van der Waals surface area contributed by atoms with E-state index in [0.717, 1.165) is 11.1 Å². The molecule has 2 N–H and O–H groups in total. The molecule has 1 atom stereocenters. The van der Waals surface area contributed by atoms with Crippen molar-refractivity contribution in [1.29, 1.82) is 0 Å². The number of aryl methyl sites for hydroxylation is 1. The number of hydrogen-bond donors (Lipinski definition) is 2. The van der Waals surface area contributed by atoms with Crippen molar-refractivity contribution in [2.24, 2.45) is 0 Å². The zero-order valence-corrected chi connectivity index (χ0v) is 15.4. The van der Waals surface area contributed by atoms with Gasteiger partial charge in [0.15, 0.2) is 11.5 Å². The minimum Gasteiger partial charge on any atom is -0.344 e. The van der Waals surface area contributed by atoms with Crippen LogP contribution in [0, 0.1) is 12.7 Å². The van der Waals surface area contributed by atoms with E-state index in [2.05, 4.69) is 20.6 Å². The number of hydrogen-bond acceptors (Lipinski definition) is 4. The van der Waals surface area contributed by atoms with Crippen LogP contribution in [-0.4, -0.2) is 21.8 Å². The van der Waals surface area contributed by atoms with Crippen LogP contribution < -0.4 is 10.6 Å². The van der Waals surface area contributed by atoms with Crippen LogP contribution in [0.1, 0.15) is 44.9 Å². The van der Waals surface area contributed by atoms with E-state index in [1.165, 1.54) is 24.5 Å². The standard InChI is InChI=1S/C21H19FN4O2/c1-13-3-5-16(6-4-13)20(27)26-19-18(23-11-12-24-19)21(28)25-14(2)15-7-9-17(22)10-8-15/h3-12,14H,1-2H3,(H,25,28)(H,24,26,27)/t14-/m1/s1. The lowest BCUT2D eigenvalue weighted by atomic mass is 10.1. The Morgan fingerprint density at radius 3 is 2.25 bits per heavy atom. The maximum absolute atomic E-state index is 13.1. The summed E-state index contributed by atoms with van der Waals surface area (Å²) in [5.74, 6) is -1.17. The highest BCUT2D eigenvalue weighted by molar-refractivity contribution is 6.07. The molecule has 0 saturated carbocycles. The highest BCUT2D eigenvalue weighted by atomic mass is 19.1. The SMILES string of the molecule is Cc1ccc(C(=O)Nc2nccnc2C(=O)N[C@H](C)c2ccc(F)cc2)cc1. The maximum Gasteiger partial charge on any atom is 0.274 e. The molecule has 3 aromatic rings. The number of anilines is 1. The normalized spacial score (nSPS) is 11.5. The van der Waals surface area contributed by atoms with Crippen LogP contribution in [0.3, 0.4) is 0 Å². The number of halogens is 1. The summed E-state index contributed by atoms with van der Waals surface area (Å²) in [4.78, 5) is 33.2. The Bertz CT molecular complexity index is 988. The summed E-state index contributed by atoms with van der Waals surface area (Å²) in [6.45, 7) is 3.70. The molecule has 0 aliphatic heterocycles. The summed E-state index contributed by atoms with van der Waals surface area (Å²) in [5, 5.41) is 5.40. The van der Waals surface area contributed by atoms with E-state index >= 15 is 0 Å². The molecule has 0 saturated heterocycles. The minimum absolute atomic E-state index is 0.00285. The third-order valence-corrected chi connectivity index (χ3v) is 4.18. The van der Waals surface area contributed by atoms with Crippen molar-refractivity contribution in [3.8, 4) is 0 Å². The average Bonchev–Trinajstić information content (AvgIpc) is 2.69. The summed E-state index contributed by atoms with van der Waals surface area (Å²) in [6, 6.07) is 12.5. The van der Waals surface area contributed by atoms with E-state index in [9.17, 15) is 14.0 Å². The quantitative estimate of drug-likeness (QED) is 0.710. The van der Waals surface area contributed by atoms with E-state index in [1.54, 1.807) is 31.2 Å². The first kappa shape index (κ1) is 19.2. The van der Waals surface area contributed by atoms with Crippen molar-refractivity contribution in [2.45, 2.75) is 19.9 Å². The first-order valence-electron chi connectivity index (χ1n) is 8.69. The first-order chi connectivity index (χ1) is 13.4. The molecule has 0 spiro atoms. The number of nitrogens with zero attached hydrogens (tertiary/aromatic N) is 2. The van der Waals surface area contributed by atoms with Crippen molar-refractivity contribution in [1.82, 2.24) is 15.3 Å². The Labute approximate surface area is 161 Å². The van der Waals surface area contributed by atoms with Gasteiger partial charge in [0.05, 0.1) is 6.04 Å². The number of carbonyl (C=O) groups is 2. The Balaban J connectivity index is 1.75. The fourth-order valence-electron chi connectivity index (χ4n) is 2.58. The fraction of sp³-hybridized carbons (Fsp3) is 0.143. The van der Waals surface area contributed by atoms with Gasteiger partial charge in [0.25, 0.3) is 11.8 Å². The Morgan fingerprint density at radius 1 is 0.929 bits per heavy atom. The molecule has 6 nitrogen and oxygen atoms in total. The molecule has 1 heterocycles. The van der Waals surface area contributed by atoms with Gasteiger partial charge in [-0.15, -0.1) is 0 Å². The van der Waals surface area contributed by atoms with Gasteiger partial charge >= 0.3 is 0 Å². The Hall–Kier alpha value is -3.61. The van der Waals surface area contributed by atoms with Gasteiger partial charge in [-0.3, -0.25) is 9.59 Å². The maximum atomic E-state index is 13.1. The molecule has 0 bridgehead atoms. The smallest absolute Gasteiger partial charge is 0.274 e. The highest BCUT2D eigenvalue weighted by Gasteiger charge is 2.19. The number of carbonyl (C=O) groups excluding carboxylic acids is 2. The van der Waals surface area contributed by atoms with Crippen LogP contribution in [0.5, 0.6) is 0 Å². The molecule has 28 heavy (non-hydrogen) atoms. The number of nitrogens with one attached hydrogen (secondary N) is 2. The lowest BCUT2D eigenvalue weighted by molar-refractivity contribution is 0.0935. The molecular weight excluding hydrogens is 359 g/mol. The van der Waals surface area contributed by atoms with Gasteiger partial charge in [0, 0.05) is 18.0 Å². The van der Waals surface area contributed by atoms with Crippen LogP contribution in [0.25, 0.3) is 0 Å². The lowest BCUT2D eigenvalue weighted by Crippen LogP contribution is -2.29. The van der Waals surface area contributed by atoms with Crippen molar-refractivity contribution in [2.75, 3.05) is 5.32 Å². The second-order valence-electron chi connectivity index (χ2n) is 6.32. The molecule has 2 amide bonds. The molecule has 0 fully saturated rings. The molecule has 0 aliphatic rings. The molecule has 3 rings (SSSR count). The zero-order valence-electron chi connectivity index (χ0n) is 15.4. The van der Waals surface area contributed by atoms with E-state index in [0.29, 0.717) is 5.56 Å². The van der Waals surface area contributed by atoms with Gasteiger partial charge in [-0.1, -0.05) is 29.8 Å². The van der Waals surface area contributed by atoms with Crippen LogP contribution >= 0.6 is 0 Å². The predicted molar refractivity (Wildman–Crippen MR) is 103 cm³/mol. The van der Waals surface area contributed by atoms with Gasteiger partial charge in [-0.2, -0.15) is 0 Å². The lowest BCUT2D eigenvalue weighted by Gasteiger charge is -2.15.